The largest absolute Gasteiger partial charge is 1.00 e. The fraction of sp³-hybridized carbons (Fsp3) is 0.122. The van der Waals surface area contributed by atoms with Crippen LogP contribution < -0.4 is 56.6 Å². The third-order valence-corrected chi connectivity index (χ3v) is 17.7. The first kappa shape index (κ1) is 34.6. The summed E-state index contributed by atoms with van der Waals surface area (Å²) in [5.74, 6) is 0. The molecule has 0 spiro atoms. The van der Waals surface area contributed by atoms with E-state index in [2.05, 4.69) is 182 Å². The Balaban J connectivity index is 0.00000230. The normalized spacial score (nSPS) is 11.2. The molecule has 6 rings (SSSR count). The number of benzene rings is 6. The van der Waals surface area contributed by atoms with Gasteiger partial charge in [0.1, 0.15) is 46.4 Å². The fourth-order valence-corrected chi connectivity index (χ4v) is 15.5. The molecule has 0 unspecified atom stereocenters. The van der Waals surface area contributed by atoms with Crippen LogP contribution in [0.25, 0.3) is 0 Å². The SMILES string of the molecule is [Cl-].[Cl-].c1ccc([P+](CCCCC[P+](c2ccccc2)(c2ccccc2)c2ccccc2)(c2ccccc2)c2ccccc2)cc1. The molecule has 0 aromatic heterocycles. The predicted molar refractivity (Wildman–Crippen MR) is 194 cm³/mol. The van der Waals surface area contributed by atoms with E-state index in [0.717, 1.165) is 0 Å². The minimum atomic E-state index is -1.80. The summed E-state index contributed by atoms with van der Waals surface area (Å²) in [5.41, 5.74) is 0. The van der Waals surface area contributed by atoms with E-state index in [0.29, 0.717) is 0 Å². The van der Waals surface area contributed by atoms with Gasteiger partial charge in [-0.2, -0.15) is 0 Å². The smallest absolute Gasteiger partial charge is 0.112 e. The lowest BCUT2D eigenvalue weighted by atomic mass is 10.3. The minimum absolute atomic E-state index is 0. The van der Waals surface area contributed by atoms with E-state index in [1.54, 1.807) is 0 Å². The summed E-state index contributed by atoms with van der Waals surface area (Å²) in [7, 11) is -3.60. The molecule has 0 bridgehead atoms. The van der Waals surface area contributed by atoms with Crippen LogP contribution in [-0.4, -0.2) is 12.3 Å². The third-order valence-electron chi connectivity index (χ3n) is 8.67. The van der Waals surface area contributed by atoms with E-state index >= 15 is 0 Å². The Kier molecular flexibility index (Phi) is 13.0. The Morgan fingerprint density at radius 2 is 0.422 bits per heavy atom. The topological polar surface area (TPSA) is 0 Å². The summed E-state index contributed by atoms with van der Waals surface area (Å²) in [4.78, 5) is 0. The highest BCUT2D eigenvalue weighted by Gasteiger charge is 2.46. The van der Waals surface area contributed by atoms with Crippen molar-refractivity contribution in [3.05, 3.63) is 182 Å². The molecule has 0 N–H and O–H groups in total. The van der Waals surface area contributed by atoms with E-state index in [1.165, 1.54) is 63.4 Å². The summed E-state index contributed by atoms with van der Waals surface area (Å²) in [6, 6.07) is 67.9. The van der Waals surface area contributed by atoms with E-state index < -0.39 is 14.5 Å². The van der Waals surface area contributed by atoms with E-state index in [1.807, 2.05) is 0 Å². The monoisotopic (exact) mass is 664 g/mol. The molecule has 0 aliphatic heterocycles. The van der Waals surface area contributed by atoms with Gasteiger partial charge >= 0.3 is 0 Å². The van der Waals surface area contributed by atoms with Crippen LogP contribution >= 0.6 is 14.5 Å². The standard InChI is InChI=1S/C41H40P2.2ClH/c1-8-22-36(23-9-1)42(37-24-10-2-11-25-37,38-26-12-3-13-27-38)34-20-7-21-35-43(39-28-14-4-15-29-39,40-30-16-5-17-31-40)41-32-18-6-19-33-41;;/h1-6,8-19,22-33H,7,20-21,34-35H2;2*1H/q+2;;/p-2. The van der Waals surface area contributed by atoms with Crippen molar-refractivity contribution in [3.8, 4) is 0 Å². The first-order valence-electron chi connectivity index (χ1n) is 15.4. The van der Waals surface area contributed by atoms with Crippen LogP contribution in [0.5, 0.6) is 0 Å². The van der Waals surface area contributed by atoms with Crippen molar-refractivity contribution in [2.75, 3.05) is 12.3 Å². The van der Waals surface area contributed by atoms with Gasteiger partial charge in [-0.05, 0) is 92.1 Å². The number of rotatable bonds is 12. The Labute approximate surface area is 283 Å². The molecule has 0 aliphatic rings. The number of hydrogen-bond donors (Lipinski definition) is 0. The molecule has 0 saturated carbocycles. The number of hydrogen-bond acceptors (Lipinski definition) is 0. The van der Waals surface area contributed by atoms with Crippen LogP contribution in [0.1, 0.15) is 19.3 Å². The zero-order chi connectivity index (χ0) is 29.2. The summed E-state index contributed by atoms with van der Waals surface area (Å²) < 4.78 is 0. The van der Waals surface area contributed by atoms with Crippen molar-refractivity contribution in [1.29, 1.82) is 0 Å². The maximum absolute atomic E-state index is 2.37. The highest BCUT2D eigenvalue weighted by atomic mass is 35.5. The van der Waals surface area contributed by atoms with Crippen LogP contribution in [-0.2, 0) is 0 Å². The van der Waals surface area contributed by atoms with Gasteiger partial charge in [0, 0.05) is 0 Å². The van der Waals surface area contributed by atoms with Gasteiger partial charge in [-0.15, -0.1) is 0 Å². The van der Waals surface area contributed by atoms with Gasteiger partial charge in [0.15, 0.2) is 0 Å². The maximum atomic E-state index is 2.37. The molecule has 6 aromatic carbocycles. The van der Waals surface area contributed by atoms with Crippen molar-refractivity contribution in [2.45, 2.75) is 19.3 Å². The summed E-state index contributed by atoms with van der Waals surface area (Å²) in [5, 5.41) is 8.87. The molecular weight excluding hydrogens is 625 g/mol. The molecule has 0 radical (unpaired) electrons. The van der Waals surface area contributed by atoms with Crippen molar-refractivity contribution in [3.63, 3.8) is 0 Å². The fourth-order valence-electron chi connectivity index (χ4n) is 6.64. The van der Waals surface area contributed by atoms with Crippen molar-refractivity contribution >= 4 is 46.4 Å². The van der Waals surface area contributed by atoms with Crippen LogP contribution in [0.15, 0.2) is 182 Å². The lowest BCUT2D eigenvalue weighted by Crippen LogP contribution is -3.00. The van der Waals surface area contributed by atoms with Gasteiger partial charge in [0.2, 0.25) is 0 Å². The van der Waals surface area contributed by atoms with Gasteiger partial charge in [-0.25, -0.2) is 0 Å². The number of halogens is 2. The first-order valence-corrected chi connectivity index (χ1v) is 19.4. The molecule has 228 valence electrons. The molecule has 0 aliphatic carbocycles. The second-order valence-corrected chi connectivity index (χ2v) is 18.4. The van der Waals surface area contributed by atoms with Gasteiger partial charge in [-0.3, -0.25) is 0 Å². The lowest BCUT2D eigenvalue weighted by molar-refractivity contribution is -0.001000. The van der Waals surface area contributed by atoms with Gasteiger partial charge in [0.05, 0.1) is 12.3 Å². The highest BCUT2D eigenvalue weighted by Crippen LogP contribution is 2.58. The average molecular weight is 666 g/mol. The molecule has 4 heteroatoms. The Morgan fingerprint density at radius 3 is 0.600 bits per heavy atom. The van der Waals surface area contributed by atoms with Gasteiger partial charge in [0.25, 0.3) is 0 Å². The second-order valence-electron chi connectivity index (χ2n) is 11.1. The van der Waals surface area contributed by atoms with Crippen molar-refractivity contribution in [1.82, 2.24) is 0 Å². The van der Waals surface area contributed by atoms with E-state index in [9.17, 15) is 0 Å². The van der Waals surface area contributed by atoms with E-state index in [4.69, 9.17) is 0 Å². The zero-order valence-electron chi connectivity index (χ0n) is 25.5. The van der Waals surface area contributed by atoms with Crippen LogP contribution in [0, 0.1) is 0 Å². The molecule has 0 fully saturated rings. The Bertz CT molecular complexity index is 1340. The third kappa shape index (κ3) is 7.43. The first-order chi connectivity index (χ1) is 21.3. The quantitative estimate of drug-likeness (QED) is 0.139. The van der Waals surface area contributed by atoms with Gasteiger partial charge < -0.3 is 24.8 Å². The maximum Gasteiger partial charge on any atom is 0.112 e. The second kappa shape index (κ2) is 16.9. The summed E-state index contributed by atoms with van der Waals surface area (Å²) in [6.07, 6.45) is 5.97. The molecule has 0 atom stereocenters. The molecule has 45 heavy (non-hydrogen) atoms. The molecule has 0 heterocycles. The van der Waals surface area contributed by atoms with Crippen LogP contribution in [0.4, 0.5) is 0 Å². The van der Waals surface area contributed by atoms with Crippen molar-refractivity contribution in [2.24, 2.45) is 0 Å². The average Bonchev–Trinajstić information content (AvgIpc) is 3.11. The Morgan fingerprint density at radius 1 is 0.244 bits per heavy atom. The Hall–Kier alpha value is -3.24. The summed E-state index contributed by atoms with van der Waals surface area (Å²) >= 11 is 0. The minimum Gasteiger partial charge on any atom is -1.00 e. The lowest BCUT2D eigenvalue weighted by Gasteiger charge is -2.29. The molecule has 6 aromatic rings. The van der Waals surface area contributed by atoms with Crippen molar-refractivity contribution < 1.29 is 24.8 Å². The van der Waals surface area contributed by atoms with Crippen LogP contribution in [0.2, 0.25) is 0 Å². The molecule has 0 saturated heterocycles. The summed E-state index contributed by atoms with van der Waals surface area (Å²) in [6.45, 7) is 0. The van der Waals surface area contributed by atoms with Crippen LogP contribution in [0.3, 0.4) is 0 Å². The van der Waals surface area contributed by atoms with E-state index in [-0.39, 0.29) is 24.8 Å². The van der Waals surface area contributed by atoms with Gasteiger partial charge in [-0.1, -0.05) is 109 Å². The predicted octanol–water partition coefficient (Wildman–Crippen LogP) is 2.15. The molecular formula is C41H40Cl2P2. The molecule has 0 amide bonds. The molecule has 0 nitrogen and oxygen atoms in total. The highest BCUT2D eigenvalue weighted by molar-refractivity contribution is 7.96. The zero-order valence-corrected chi connectivity index (χ0v) is 28.8. The number of unbranched alkanes of at least 4 members (excludes halogenated alkanes) is 2.